The van der Waals surface area contributed by atoms with Crippen LogP contribution in [0.3, 0.4) is 0 Å². The summed E-state index contributed by atoms with van der Waals surface area (Å²) in [7, 11) is 0. The van der Waals surface area contributed by atoms with Gasteiger partial charge in [0, 0.05) is 10.4 Å². The molecule has 0 amide bonds. The normalized spacial score (nSPS) is 19.1. The number of aryl methyl sites for hydroxylation is 1. The van der Waals surface area contributed by atoms with Crippen molar-refractivity contribution in [1.82, 2.24) is 0 Å². The highest BCUT2D eigenvalue weighted by atomic mass is 32.1. The summed E-state index contributed by atoms with van der Waals surface area (Å²) < 4.78 is 5.07. The van der Waals surface area contributed by atoms with E-state index in [-0.39, 0.29) is 17.3 Å². The van der Waals surface area contributed by atoms with Crippen molar-refractivity contribution >= 4 is 22.9 Å². The van der Waals surface area contributed by atoms with E-state index in [0.29, 0.717) is 12.0 Å². The molecule has 1 atom stereocenters. The molecule has 0 aromatic carbocycles. The quantitative estimate of drug-likeness (QED) is 0.604. The van der Waals surface area contributed by atoms with Crippen LogP contribution < -0.4 is 0 Å². The Morgan fingerprint density at radius 2 is 2.29 bits per heavy atom. The molecule has 3 rings (SSSR count). The number of thiophene rings is 1. The van der Waals surface area contributed by atoms with Crippen LogP contribution >= 0.6 is 11.3 Å². The van der Waals surface area contributed by atoms with Crippen molar-refractivity contribution in [3.05, 3.63) is 46.0 Å². The van der Waals surface area contributed by atoms with Crippen molar-refractivity contribution in [3.8, 4) is 0 Å². The Balaban J connectivity index is 1.92. The van der Waals surface area contributed by atoms with Gasteiger partial charge in [-0.3, -0.25) is 9.59 Å². The van der Waals surface area contributed by atoms with Crippen molar-refractivity contribution in [2.24, 2.45) is 5.92 Å². The van der Waals surface area contributed by atoms with Gasteiger partial charge in [-0.25, -0.2) is 0 Å². The number of fused-ring (bicyclic) bond motifs is 1. The summed E-state index contributed by atoms with van der Waals surface area (Å²) in [6.45, 7) is 0. The summed E-state index contributed by atoms with van der Waals surface area (Å²) in [4.78, 5) is 25.3. The standard InChI is InChI=1S/C13H10O3S/c14-12-8-5-7-17-11(8)4-3-9(12)13(15)10-2-1-6-16-10/h1-2,5-7,9H,3-4H2. The second-order valence-electron chi connectivity index (χ2n) is 4.05. The van der Waals surface area contributed by atoms with Gasteiger partial charge >= 0.3 is 0 Å². The molecule has 1 aliphatic rings. The maximum Gasteiger partial charge on any atom is 0.208 e. The van der Waals surface area contributed by atoms with Crippen LogP contribution in [0.1, 0.15) is 32.2 Å². The molecule has 2 aromatic heterocycles. The lowest BCUT2D eigenvalue weighted by Crippen LogP contribution is -2.28. The molecule has 2 heterocycles. The van der Waals surface area contributed by atoms with Gasteiger partial charge in [0.1, 0.15) is 0 Å². The number of ketones is 2. The average Bonchev–Trinajstić information content (AvgIpc) is 3.00. The number of hydrogen-bond donors (Lipinski definition) is 0. The molecule has 86 valence electrons. The van der Waals surface area contributed by atoms with Crippen LogP contribution in [0.5, 0.6) is 0 Å². The van der Waals surface area contributed by atoms with Crippen molar-refractivity contribution < 1.29 is 14.0 Å². The summed E-state index contributed by atoms with van der Waals surface area (Å²) in [6.07, 6.45) is 2.85. The summed E-state index contributed by atoms with van der Waals surface area (Å²) in [6, 6.07) is 5.08. The van der Waals surface area contributed by atoms with Gasteiger partial charge in [-0.15, -0.1) is 11.3 Å². The number of carbonyl (C=O) groups excluding carboxylic acids is 2. The highest BCUT2D eigenvalue weighted by molar-refractivity contribution is 7.10. The maximum atomic E-state index is 12.2. The lowest BCUT2D eigenvalue weighted by Gasteiger charge is -2.18. The minimum absolute atomic E-state index is 0.0612. The van der Waals surface area contributed by atoms with Crippen LogP contribution in [0, 0.1) is 5.92 Å². The molecule has 0 spiro atoms. The summed E-state index contributed by atoms with van der Waals surface area (Å²) >= 11 is 1.58. The minimum Gasteiger partial charge on any atom is -0.461 e. The second-order valence-corrected chi connectivity index (χ2v) is 5.06. The van der Waals surface area contributed by atoms with Gasteiger partial charge in [-0.05, 0) is 36.4 Å². The maximum absolute atomic E-state index is 12.2. The zero-order chi connectivity index (χ0) is 11.8. The van der Waals surface area contributed by atoms with Crippen LogP contribution in [-0.2, 0) is 6.42 Å². The van der Waals surface area contributed by atoms with Gasteiger partial charge in [0.2, 0.25) is 5.78 Å². The number of furan rings is 1. The van der Waals surface area contributed by atoms with E-state index in [2.05, 4.69) is 0 Å². The fourth-order valence-corrected chi connectivity index (χ4v) is 3.09. The van der Waals surface area contributed by atoms with E-state index in [0.717, 1.165) is 11.3 Å². The van der Waals surface area contributed by atoms with Crippen LogP contribution in [0.4, 0.5) is 0 Å². The van der Waals surface area contributed by atoms with Gasteiger partial charge in [0.05, 0.1) is 12.2 Å². The van der Waals surface area contributed by atoms with E-state index in [9.17, 15) is 9.59 Å². The van der Waals surface area contributed by atoms with Crippen molar-refractivity contribution in [1.29, 1.82) is 0 Å². The first-order valence-electron chi connectivity index (χ1n) is 5.45. The first-order chi connectivity index (χ1) is 8.27. The molecule has 3 nitrogen and oxygen atoms in total. The molecule has 17 heavy (non-hydrogen) atoms. The molecule has 0 fully saturated rings. The molecule has 1 unspecified atom stereocenters. The summed E-state index contributed by atoms with van der Waals surface area (Å²) in [5.74, 6) is -0.545. The third-order valence-electron chi connectivity index (χ3n) is 3.07. The van der Waals surface area contributed by atoms with Gasteiger partial charge in [0.25, 0.3) is 0 Å². The van der Waals surface area contributed by atoms with Crippen LogP contribution in [0.25, 0.3) is 0 Å². The first kappa shape index (κ1) is 10.5. The fourth-order valence-electron chi connectivity index (χ4n) is 2.19. The lowest BCUT2D eigenvalue weighted by atomic mass is 9.84. The fraction of sp³-hybridized carbons (Fsp3) is 0.231. The van der Waals surface area contributed by atoms with E-state index in [1.54, 1.807) is 23.5 Å². The topological polar surface area (TPSA) is 47.3 Å². The number of carbonyl (C=O) groups is 2. The van der Waals surface area contributed by atoms with Gasteiger partial charge in [-0.2, -0.15) is 0 Å². The monoisotopic (exact) mass is 246 g/mol. The number of Topliss-reactive ketones (excluding diaryl/α,β-unsaturated/α-hetero) is 2. The number of hydrogen-bond acceptors (Lipinski definition) is 4. The summed E-state index contributed by atoms with van der Waals surface area (Å²) in [5, 5.41) is 1.91. The highest BCUT2D eigenvalue weighted by Gasteiger charge is 2.34. The molecule has 2 aromatic rings. The second kappa shape index (κ2) is 3.96. The average molecular weight is 246 g/mol. The molecule has 0 radical (unpaired) electrons. The molecular formula is C13H10O3S. The smallest absolute Gasteiger partial charge is 0.208 e. The Bertz CT molecular complexity index is 565. The highest BCUT2D eigenvalue weighted by Crippen LogP contribution is 2.31. The molecule has 4 heteroatoms. The first-order valence-corrected chi connectivity index (χ1v) is 6.33. The van der Waals surface area contributed by atoms with E-state index >= 15 is 0 Å². The lowest BCUT2D eigenvalue weighted by molar-refractivity contribution is 0.0774. The van der Waals surface area contributed by atoms with E-state index in [4.69, 9.17) is 4.42 Å². The Morgan fingerprint density at radius 1 is 1.41 bits per heavy atom. The van der Waals surface area contributed by atoms with Gasteiger partial charge in [0.15, 0.2) is 11.5 Å². The van der Waals surface area contributed by atoms with Gasteiger partial charge in [-0.1, -0.05) is 0 Å². The third-order valence-corrected chi connectivity index (χ3v) is 4.05. The van der Waals surface area contributed by atoms with Gasteiger partial charge < -0.3 is 4.42 Å². The molecule has 0 N–H and O–H groups in total. The molecule has 1 aliphatic carbocycles. The predicted molar refractivity (Wildman–Crippen MR) is 63.5 cm³/mol. The van der Waals surface area contributed by atoms with Crippen LogP contribution in [-0.4, -0.2) is 11.6 Å². The van der Waals surface area contributed by atoms with E-state index in [1.165, 1.54) is 6.26 Å². The minimum atomic E-state index is -0.566. The Morgan fingerprint density at radius 3 is 3.06 bits per heavy atom. The Hall–Kier alpha value is -1.68. The Labute approximate surface area is 102 Å². The Kier molecular flexibility index (Phi) is 2.44. The number of rotatable bonds is 2. The zero-order valence-electron chi connectivity index (χ0n) is 9.01. The predicted octanol–water partition coefficient (Wildman–Crippen LogP) is 2.97. The van der Waals surface area contributed by atoms with Crippen molar-refractivity contribution in [2.75, 3.05) is 0 Å². The molecule has 0 aliphatic heterocycles. The molecule has 0 saturated carbocycles. The molecule has 0 saturated heterocycles. The van der Waals surface area contributed by atoms with Crippen molar-refractivity contribution in [2.45, 2.75) is 12.8 Å². The summed E-state index contributed by atoms with van der Waals surface area (Å²) in [5.41, 5.74) is 0.714. The van der Waals surface area contributed by atoms with E-state index < -0.39 is 5.92 Å². The zero-order valence-corrected chi connectivity index (χ0v) is 9.83. The van der Waals surface area contributed by atoms with Crippen molar-refractivity contribution in [3.63, 3.8) is 0 Å². The van der Waals surface area contributed by atoms with E-state index in [1.807, 2.05) is 11.4 Å². The van der Waals surface area contributed by atoms with Crippen LogP contribution in [0.15, 0.2) is 34.3 Å². The molecular weight excluding hydrogens is 236 g/mol. The molecule has 0 bridgehead atoms. The SMILES string of the molecule is O=C(c1ccco1)C1CCc2sccc2C1=O. The largest absolute Gasteiger partial charge is 0.461 e. The van der Waals surface area contributed by atoms with Crippen LogP contribution in [0.2, 0.25) is 0 Å². The third kappa shape index (κ3) is 1.65.